The Balaban J connectivity index is 1.66. The molecule has 2 saturated carbocycles. The standard InChI is InChI=1S/C41H48Si/c1-30-20-19-25-33-34(42(31-21-11-9-12-22-31)32-23-13-10-14-24-32)40(7)37(4)28-17-15-26-35(37,2)36(3)27-16-18-29-38(36,5)41(40,8)39(30,33)6/h9-29,33-34,42H,1-8H3. The Morgan fingerprint density at radius 3 is 1.52 bits per heavy atom. The smallest absolute Gasteiger partial charge is 0.0805 e. The molecule has 5 aliphatic carbocycles. The lowest BCUT2D eigenvalue weighted by Gasteiger charge is -2.80. The first kappa shape index (κ1) is 27.9. The fourth-order valence-electron chi connectivity index (χ4n) is 12.3. The second-order valence-corrected chi connectivity index (χ2v) is 18.4. The van der Waals surface area contributed by atoms with E-state index in [9.17, 15) is 0 Å². The van der Waals surface area contributed by atoms with Crippen molar-refractivity contribution in [3.05, 3.63) is 133 Å². The van der Waals surface area contributed by atoms with Crippen molar-refractivity contribution in [2.24, 2.45) is 43.8 Å². The molecule has 2 fully saturated rings. The molecular weight excluding hydrogens is 521 g/mol. The van der Waals surface area contributed by atoms with E-state index in [0.717, 1.165) is 0 Å². The highest BCUT2D eigenvalue weighted by Gasteiger charge is 2.87. The van der Waals surface area contributed by atoms with Gasteiger partial charge in [-0.25, -0.2) is 0 Å². The lowest BCUT2D eigenvalue weighted by atomic mass is 9.23. The van der Waals surface area contributed by atoms with Crippen molar-refractivity contribution in [1.29, 1.82) is 0 Å². The van der Waals surface area contributed by atoms with Crippen LogP contribution in [-0.2, 0) is 0 Å². The maximum Gasteiger partial charge on any atom is 0.107 e. The molecule has 0 heterocycles. The second-order valence-electron chi connectivity index (χ2n) is 15.4. The van der Waals surface area contributed by atoms with Crippen LogP contribution in [0.1, 0.15) is 55.4 Å². The van der Waals surface area contributed by atoms with Crippen molar-refractivity contribution >= 4 is 19.2 Å². The van der Waals surface area contributed by atoms with E-state index in [2.05, 4.69) is 183 Å². The topological polar surface area (TPSA) is 0 Å². The Morgan fingerprint density at radius 2 is 1.00 bits per heavy atom. The molecule has 0 saturated heterocycles. The highest BCUT2D eigenvalue weighted by Crippen LogP contribution is 2.92. The van der Waals surface area contributed by atoms with Gasteiger partial charge in [0.1, 0.15) is 8.80 Å². The minimum atomic E-state index is -1.80. The molecule has 0 nitrogen and oxygen atoms in total. The van der Waals surface area contributed by atoms with Crippen molar-refractivity contribution in [2.75, 3.05) is 0 Å². The molecule has 0 N–H and O–H groups in total. The first-order valence-corrected chi connectivity index (χ1v) is 17.9. The molecule has 7 rings (SSSR count). The number of benzene rings is 2. The van der Waals surface area contributed by atoms with Gasteiger partial charge >= 0.3 is 0 Å². The van der Waals surface area contributed by atoms with Crippen LogP contribution in [0.3, 0.4) is 0 Å². The number of rotatable bonds is 3. The maximum atomic E-state index is 2.76. The van der Waals surface area contributed by atoms with Crippen LogP contribution >= 0.6 is 0 Å². The number of hydrogen-bond acceptors (Lipinski definition) is 0. The average molecular weight is 569 g/mol. The van der Waals surface area contributed by atoms with Crippen molar-refractivity contribution < 1.29 is 0 Å². The minimum Gasteiger partial charge on any atom is -0.0805 e. The third kappa shape index (κ3) is 2.69. The summed E-state index contributed by atoms with van der Waals surface area (Å²) in [6, 6.07) is 23.3. The van der Waals surface area contributed by atoms with E-state index >= 15 is 0 Å². The van der Waals surface area contributed by atoms with Gasteiger partial charge < -0.3 is 0 Å². The highest BCUT2D eigenvalue weighted by molar-refractivity contribution is 6.86. The van der Waals surface area contributed by atoms with Gasteiger partial charge in [-0.2, -0.15) is 0 Å². The molecule has 0 bridgehead atoms. The fraction of sp³-hybridized carbons (Fsp3) is 0.415. The summed E-state index contributed by atoms with van der Waals surface area (Å²) >= 11 is 0. The van der Waals surface area contributed by atoms with Crippen LogP contribution in [-0.4, -0.2) is 8.80 Å². The molecule has 216 valence electrons. The van der Waals surface area contributed by atoms with Crippen LogP contribution in [0.15, 0.2) is 133 Å². The lowest BCUT2D eigenvalue weighted by molar-refractivity contribution is -0.262. The molecule has 1 heteroatoms. The van der Waals surface area contributed by atoms with Gasteiger partial charge in [0.15, 0.2) is 0 Å². The maximum absolute atomic E-state index is 2.76. The number of fused-ring (bicyclic) bond motifs is 8. The van der Waals surface area contributed by atoms with E-state index in [1.165, 1.54) is 0 Å². The van der Waals surface area contributed by atoms with Crippen LogP contribution in [0.4, 0.5) is 0 Å². The fourth-order valence-corrected chi connectivity index (χ4v) is 17.1. The molecule has 0 aliphatic heterocycles. The molecule has 0 amide bonds. The summed E-state index contributed by atoms with van der Waals surface area (Å²) in [5.41, 5.74) is 1.64. The van der Waals surface area contributed by atoms with Crippen molar-refractivity contribution in [3.63, 3.8) is 0 Å². The zero-order valence-corrected chi connectivity index (χ0v) is 28.0. The molecule has 42 heavy (non-hydrogen) atoms. The summed E-state index contributed by atoms with van der Waals surface area (Å²) < 4.78 is 0. The van der Waals surface area contributed by atoms with Crippen LogP contribution in [0, 0.1) is 43.8 Å². The zero-order valence-electron chi connectivity index (χ0n) is 26.9. The van der Waals surface area contributed by atoms with E-state index in [1.54, 1.807) is 15.9 Å². The van der Waals surface area contributed by atoms with Crippen molar-refractivity contribution in [1.82, 2.24) is 0 Å². The van der Waals surface area contributed by atoms with E-state index < -0.39 is 8.80 Å². The Hall–Kier alpha value is -2.90. The predicted octanol–water partition coefficient (Wildman–Crippen LogP) is 8.85. The molecule has 2 aromatic carbocycles. The van der Waals surface area contributed by atoms with E-state index in [4.69, 9.17) is 0 Å². The lowest BCUT2D eigenvalue weighted by Crippen LogP contribution is -2.76. The SMILES string of the molecule is CC1=CC=CC2C([SiH](c3ccccc3)c3ccccc3)C3(C)C4(C)C=CC=CC4(C)C4(C)C=CC=CC4(C)C3(C)C12C. The third-order valence-electron chi connectivity index (χ3n) is 15.3. The van der Waals surface area contributed by atoms with E-state index in [0.29, 0.717) is 11.5 Å². The Bertz CT molecular complexity index is 1570. The summed E-state index contributed by atoms with van der Waals surface area (Å²) in [5, 5.41) is 3.14. The monoisotopic (exact) mass is 568 g/mol. The zero-order chi connectivity index (χ0) is 29.8. The van der Waals surface area contributed by atoms with Gasteiger partial charge in [-0.15, -0.1) is 0 Å². The van der Waals surface area contributed by atoms with Crippen LogP contribution in [0.25, 0.3) is 0 Å². The van der Waals surface area contributed by atoms with E-state index in [1.807, 2.05) is 0 Å². The molecule has 9 atom stereocenters. The summed E-state index contributed by atoms with van der Waals surface area (Å²) in [4.78, 5) is 0. The van der Waals surface area contributed by atoms with Crippen molar-refractivity contribution in [2.45, 2.75) is 60.9 Å². The van der Waals surface area contributed by atoms with Crippen LogP contribution in [0.5, 0.6) is 0 Å². The first-order chi connectivity index (χ1) is 19.9. The first-order valence-electron chi connectivity index (χ1n) is 16.1. The molecule has 9 unspecified atom stereocenters. The molecule has 0 spiro atoms. The van der Waals surface area contributed by atoms with Crippen LogP contribution < -0.4 is 10.4 Å². The normalized spacial score (nSPS) is 46.2. The summed E-state index contributed by atoms with van der Waals surface area (Å²) in [7, 11) is -1.80. The van der Waals surface area contributed by atoms with E-state index in [-0.39, 0.29) is 37.9 Å². The van der Waals surface area contributed by atoms with Crippen LogP contribution in [0.2, 0.25) is 5.54 Å². The second kappa shape index (κ2) is 8.60. The summed E-state index contributed by atoms with van der Waals surface area (Å²) in [6.45, 7) is 21.1. The average Bonchev–Trinajstić information content (AvgIpc) is 3.16. The Morgan fingerprint density at radius 1 is 0.548 bits per heavy atom. The van der Waals surface area contributed by atoms with Gasteiger partial charge in [-0.3, -0.25) is 0 Å². The van der Waals surface area contributed by atoms with Gasteiger partial charge in [-0.05, 0) is 29.2 Å². The van der Waals surface area contributed by atoms with Gasteiger partial charge in [0.25, 0.3) is 0 Å². The number of allylic oxidation sites excluding steroid dienone is 12. The third-order valence-corrected chi connectivity index (χ3v) is 19.3. The summed E-state index contributed by atoms with van der Waals surface area (Å²) in [5.74, 6) is 0.438. The predicted molar refractivity (Wildman–Crippen MR) is 183 cm³/mol. The minimum absolute atomic E-state index is 0.0130. The summed E-state index contributed by atoms with van der Waals surface area (Å²) in [6.07, 6.45) is 27.4. The van der Waals surface area contributed by atoms with Gasteiger partial charge in [0.05, 0.1) is 0 Å². The molecule has 0 radical (unpaired) electrons. The van der Waals surface area contributed by atoms with Crippen molar-refractivity contribution in [3.8, 4) is 0 Å². The Labute approximate surface area is 256 Å². The van der Waals surface area contributed by atoms with Gasteiger partial charge in [0, 0.05) is 27.1 Å². The van der Waals surface area contributed by atoms with Gasteiger partial charge in [0.2, 0.25) is 0 Å². The molecule has 5 aliphatic rings. The molecule has 2 aromatic rings. The largest absolute Gasteiger partial charge is 0.107 e. The Kier molecular flexibility index (Phi) is 5.71. The van der Waals surface area contributed by atoms with Gasteiger partial charge in [-0.1, -0.05) is 192 Å². The molecule has 0 aromatic heterocycles. The molecular formula is C41H48Si. The number of hydrogen-bond donors (Lipinski definition) is 0. The quantitative estimate of drug-likeness (QED) is 0.325. The highest BCUT2D eigenvalue weighted by atomic mass is 28.3.